The second-order valence-electron chi connectivity index (χ2n) is 5.44. The third kappa shape index (κ3) is 4.71. The Morgan fingerprint density at radius 2 is 1.96 bits per heavy atom. The summed E-state index contributed by atoms with van der Waals surface area (Å²) in [6, 6.07) is 9.59. The number of nitrogens with zero attached hydrogens (tertiary/aromatic N) is 1. The van der Waals surface area contributed by atoms with E-state index in [1.165, 1.54) is 0 Å². The average Bonchev–Trinajstić information content (AvgIpc) is 2.48. The Morgan fingerprint density at radius 1 is 1.21 bits per heavy atom. The summed E-state index contributed by atoms with van der Waals surface area (Å²) in [6.45, 7) is 1.86. The van der Waals surface area contributed by atoms with E-state index in [0.29, 0.717) is 19.0 Å². The van der Waals surface area contributed by atoms with Crippen LogP contribution in [0.1, 0.15) is 16.7 Å². The van der Waals surface area contributed by atoms with Crippen LogP contribution in [-0.2, 0) is 23.9 Å². The number of carbonyl (C=O) groups excluding carboxylic acids is 1. The van der Waals surface area contributed by atoms with Crippen LogP contribution in [0.4, 0.5) is 13.2 Å². The van der Waals surface area contributed by atoms with Gasteiger partial charge in [0.15, 0.2) is 0 Å². The first-order valence-corrected chi connectivity index (χ1v) is 7.36. The number of rotatable bonds is 5. The molecule has 0 spiro atoms. The molecule has 128 valence electrons. The summed E-state index contributed by atoms with van der Waals surface area (Å²) >= 11 is 0. The molecule has 0 aliphatic carbocycles. The predicted octanol–water partition coefficient (Wildman–Crippen LogP) is 2.53. The zero-order valence-electron chi connectivity index (χ0n) is 13.1. The maximum atomic E-state index is 12.7. The number of nitrogens with one attached hydrogen (secondary N) is 1. The van der Waals surface area contributed by atoms with Crippen LogP contribution >= 0.6 is 0 Å². The van der Waals surface area contributed by atoms with E-state index in [4.69, 9.17) is 0 Å². The predicted molar refractivity (Wildman–Crippen MR) is 83.6 cm³/mol. The highest BCUT2D eigenvalue weighted by molar-refractivity contribution is 5.75. The van der Waals surface area contributed by atoms with Gasteiger partial charge in [-0.25, -0.2) is 0 Å². The fourth-order valence-electron chi connectivity index (χ4n) is 2.30. The first-order valence-electron chi connectivity index (χ1n) is 7.36. The van der Waals surface area contributed by atoms with E-state index in [0.717, 1.165) is 28.0 Å². The topological polar surface area (TPSA) is 51.1 Å². The SMILES string of the molecule is Cc1cccc(CCNC(=O)Cn2cccc(C(F)(F)F)c2=O)c1. The van der Waals surface area contributed by atoms with Crippen LogP contribution in [0, 0.1) is 6.92 Å². The third-order valence-electron chi connectivity index (χ3n) is 3.46. The van der Waals surface area contributed by atoms with Gasteiger partial charge in [0.25, 0.3) is 5.56 Å². The molecule has 2 aromatic rings. The molecule has 1 aromatic heterocycles. The minimum Gasteiger partial charge on any atom is -0.354 e. The number of carbonyl (C=O) groups is 1. The van der Waals surface area contributed by atoms with E-state index in [-0.39, 0.29) is 0 Å². The summed E-state index contributed by atoms with van der Waals surface area (Å²) in [7, 11) is 0. The second-order valence-corrected chi connectivity index (χ2v) is 5.44. The number of amides is 1. The van der Waals surface area contributed by atoms with E-state index in [1.807, 2.05) is 31.2 Å². The summed E-state index contributed by atoms with van der Waals surface area (Å²) in [6.07, 6.45) is -2.97. The highest BCUT2D eigenvalue weighted by atomic mass is 19.4. The van der Waals surface area contributed by atoms with Gasteiger partial charge in [-0.15, -0.1) is 0 Å². The van der Waals surface area contributed by atoms with Gasteiger partial charge in [0.05, 0.1) is 0 Å². The lowest BCUT2D eigenvalue weighted by atomic mass is 10.1. The van der Waals surface area contributed by atoms with Crippen molar-refractivity contribution in [2.24, 2.45) is 0 Å². The minimum atomic E-state index is -4.73. The molecule has 0 aliphatic heterocycles. The molecular weight excluding hydrogens is 321 g/mol. The monoisotopic (exact) mass is 338 g/mol. The normalized spacial score (nSPS) is 11.3. The molecule has 2 rings (SSSR count). The molecule has 7 heteroatoms. The highest BCUT2D eigenvalue weighted by Gasteiger charge is 2.34. The zero-order valence-corrected chi connectivity index (χ0v) is 13.1. The van der Waals surface area contributed by atoms with E-state index >= 15 is 0 Å². The Bertz CT molecular complexity index is 782. The number of alkyl halides is 3. The van der Waals surface area contributed by atoms with Crippen molar-refractivity contribution >= 4 is 5.91 Å². The molecule has 4 nitrogen and oxygen atoms in total. The molecule has 1 N–H and O–H groups in total. The van der Waals surface area contributed by atoms with Crippen LogP contribution in [0.2, 0.25) is 0 Å². The molecule has 0 unspecified atom stereocenters. The van der Waals surface area contributed by atoms with Gasteiger partial charge >= 0.3 is 6.18 Å². The smallest absolute Gasteiger partial charge is 0.354 e. The summed E-state index contributed by atoms with van der Waals surface area (Å²) in [5.74, 6) is -0.510. The number of pyridine rings is 1. The molecule has 0 saturated carbocycles. The summed E-state index contributed by atoms with van der Waals surface area (Å²) in [5, 5.41) is 2.60. The van der Waals surface area contributed by atoms with Crippen molar-refractivity contribution in [3.8, 4) is 0 Å². The van der Waals surface area contributed by atoms with E-state index in [9.17, 15) is 22.8 Å². The molecule has 0 atom stereocenters. The Morgan fingerprint density at radius 3 is 2.62 bits per heavy atom. The lowest BCUT2D eigenvalue weighted by Gasteiger charge is -2.10. The number of hydrogen-bond donors (Lipinski definition) is 1. The number of hydrogen-bond acceptors (Lipinski definition) is 2. The van der Waals surface area contributed by atoms with Crippen molar-refractivity contribution in [1.82, 2.24) is 9.88 Å². The minimum absolute atomic E-state index is 0.343. The number of aryl methyl sites for hydroxylation is 1. The zero-order chi connectivity index (χ0) is 17.7. The van der Waals surface area contributed by atoms with Crippen LogP contribution in [0.25, 0.3) is 0 Å². The molecule has 0 fully saturated rings. The highest BCUT2D eigenvalue weighted by Crippen LogP contribution is 2.25. The Kier molecular flexibility index (Phi) is 5.43. The molecule has 1 heterocycles. The van der Waals surface area contributed by atoms with Gasteiger partial charge in [-0.05, 0) is 31.0 Å². The Balaban J connectivity index is 1.94. The van der Waals surface area contributed by atoms with Gasteiger partial charge in [0, 0.05) is 12.7 Å². The van der Waals surface area contributed by atoms with E-state index in [2.05, 4.69) is 5.32 Å². The number of aromatic nitrogens is 1. The molecule has 0 bridgehead atoms. The van der Waals surface area contributed by atoms with Crippen molar-refractivity contribution in [2.45, 2.75) is 26.1 Å². The number of halogens is 3. The van der Waals surface area contributed by atoms with Gasteiger partial charge in [-0.2, -0.15) is 13.2 Å². The summed E-state index contributed by atoms with van der Waals surface area (Å²) < 4.78 is 38.8. The van der Waals surface area contributed by atoms with E-state index < -0.39 is 29.8 Å². The standard InChI is InChI=1S/C17H17F3N2O2/c1-12-4-2-5-13(10-12)7-8-21-15(23)11-22-9-3-6-14(16(22)24)17(18,19)20/h2-6,9-10H,7-8,11H2,1H3,(H,21,23). The van der Waals surface area contributed by atoms with Crippen LogP contribution < -0.4 is 10.9 Å². The fraction of sp³-hybridized carbons (Fsp3) is 0.294. The Labute approximate surface area is 136 Å². The van der Waals surface area contributed by atoms with Gasteiger partial charge in [-0.1, -0.05) is 29.8 Å². The van der Waals surface area contributed by atoms with Gasteiger partial charge < -0.3 is 9.88 Å². The van der Waals surface area contributed by atoms with Crippen LogP contribution in [0.15, 0.2) is 47.4 Å². The Hall–Kier alpha value is -2.57. The fourth-order valence-corrected chi connectivity index (χ4v) is 2.30. The molecule has 0 aliphatic rings. The molecule has 1 amide bonds. The lowest BCUT2D eigenvalue weighted by Crippen LogP contribution is -2.35. The molecular formula is C17H17F3N2O2. The molecule has 0 saturated heterocycles. The number of benzene rings is 1. The van der Waals surface area contributed by atoms with E-state index in [1.54, 1.807) is 0 Å². The largest absolute Gasteiger partial charge is 0.421 e. The van der Waals surface area contributed by atoms with Gasteiger partial charge in [0.2, 0.25) is 5.91 Å². The van der Waals surface area contributed by atoms with Crippen molar-refractivity contribution in [3.63, 3.8) is 0 Å². The third-order valence-corrected chi connectivity index (χ3v) is 3.46. The first kappa shape index (κ1) is 17.8. The molecule has 1 aromatic carbocycles. The summed E-state index contributed by atoms with van der Waals surface area (Å²) in [5.41, 5.74) is -0.350. The maximum absolute atomic E-state index is 12.7. The van der Waals surface area contributed by atoms with Crippen molar-refractivity contribution < 1.29 is 18.0 Å². The van der Waals surface area contributed by atoms with Crippen LogP contribution in [0.3, 0.4) is 0 Å². The summed E-state index contributed by atoms with van der Waals surface area (Å²) in [4.78, 5) is 23.6. The molecule has 0 radical (unpaired) electrons. The van der Waals surface area contributed by atoms with Crippen molar-refractivity contribution in [1.29, 1.82) is 0 Å². The van der Waals surface area contributed by atoms with Crippen molar-refractivity contribution in [2.75, 3.05) is 6.54 Å². The van der Waals surface area contributed by atoms with Gasteiger partial charge in [-0.3, -0.25) is 9.59 Å². The molecule has 24 heavy (non-hydrogen) atoms. The lowest BCUT2D eigenvalue weighted by molar-refractivity contribution is -0.139. The quantitative estimate of drug-likeness (QED) is 0.911. The van der Waals surface area contributed by atoms with Crippen LogP contribution in [-0.4, -0.2) is 17.0 Å². The second kappa shape index (κ2) is 7.33. The maximum Gasteiger partial charge on any atom is 0.421 e. The average molecular weight is 338 g/mol. The van der Waals surface area contributed by atoms with Crippen LogP contribution in [0.5, 0.6) is 0 Å². The first-order chi connectivity index (χ1) is 11.3. The van der Waals surface area contributed by atoms with Gasteiger partial charge in [0.1, 0.15) is 12.1 Å². The van der Waals surface area contributed by atoms with Crippen molar-refractivity contribution in [3.05, 3.63) is 69.6 Å².